The van der Waals surface area contributed by atoms with Crippen LogP contribution in [0.25, 0.3) is 22.3 Å². The Kier molecular flexibility index (Phi) is 3.55. The van der Waals surface area contributed by atoms with Gasteiger partial charge in [-0.15, -0.1) is 0 Å². The maximum Gasteiger partial charge on any atom is 0.224 e. The maximum absolute atomic E-state index is 6.40. The van der Waals surface area contributed by atoms with Crippen LogP contribution in [0.3, 0.4) is 0 Å². The minimum absolute atomic E-state index is 0.0957. The monoisotopic (exact) mass is 331 g/mol. The second kappa shape index (κ2) is 5.88. The highest BCUT2D eigenvalue weighted by Gasteiger charge is 2.16. The molecule has 25 heavy (non-hydrogen) atoms. The van der Waals surface area contributed by atoms with Crippen LogP contribution in [-0.4, -0.2) is 19.5 Å². The second-order valence-corrected chi connectivity index (χ2v) is 5.72. The summed E-state index contributed by atoms with van der Waals surface area (Å²) in [5.41, 5.74) is 22.2. The molecule has 0 aliphatic carbocycles. The summed E-state index contributed by atoms with van der Waals surface area (Å²) in [6.45, 7) is 0. The van der Waals surface area contributed by atoms with Crippen LogP contribution in [0.15, 0.2) is 60.9 Å². The van der Waals surface area contributed by atoms with E-state index >= 15 is 0 Å². The molecule has 0 bridgehead atoms. The molecule has 7 nitrogen and oxygen atoms in total. The summed E-state index contributed by atoms with van der Waals surface area (Å²) in [6, 6.07) is 18.2. The number of imidazole rings is 1. The van der Waals surface area contributed by atoms with Gasteiger partial charge in [0.15, 0.2) is 11.5 Å². The van der Waals surface area contributed by atoms with Crippen LogP contribution >= 0.6 is 0 Å². The molecule has 0 fully saturated rings. The number of hydrogen-bond donors (Lipinski definition) is 3. The lowest BCUT2D eigenvalue weighted by atomic mass is 10.0. The van der Waals surface area contributed by atoms with Gasteiger partial charge in [-0.1, -0.05) is 54.6 Å². The SMILES string of the molecule is Nc1nc(N)c2ncn(C(N)c3ccc(-c4ccccc4)cc3)c2n1. The number of hydrogen-bond acceptors (Lipinski definition) is 6. The average molecular weight is 331 g/mol. The summed E-state index contributed by atoms with van der Waals surface area (Å²) >= 11 is 0. The van der Waals surface area contributed by atoms with Crippen molar-refractivity contribution >= 4 is 22.9 Å². The fourth-order valence-corrected chi connectivity index (χ4v) is 2.82. The molecule has 0 radical (unpaired) electrons. The van der Waals surface area contributed by atoms with Crippen LogP contribution in [0.4, 0.5) is 11.8 Å². The molecule has 2 aromatic carbocycles. The molecule has 1 unspecified atom stereocenters. The Bertz CT molecular complexity index is 1020. The third kappa shape index (κ3) is 2.66. The van der Waals surface area contributed by atoms with Gasteiger partial charge in [0.25, 0.3) is 0 Å². The third-order valence-electron chi connectivity index (χ3n) is 4.12. The van der Waals surface area contributed by atoms with E-state index in [1.54, 1.807) is 10.9 Å². The van der Waals surface area contributed by atoms with Crippen LogP contribution in [-0.2, 0) is 0 Å². The van der Waals surface area contributed by atoms with Crippen molar-refractivity contribution in [3.63, 3.8) is 0 Å². The molecule has 1 atom stereocenters. The van der Waals surface area contributed by atoms with Gasteiger partial charge < -0.3 is 17.2 Å². The van der Waals surface area contributed by atoms with Gasteiger partial charge in [0.1, 0.15) is 11.7 Å². The zero-order valence-electron chi connectivity index (χ0n) is 13.4. The van der Waals surface area contributed by atoms with Crippen LogP contribution in [0.5, 0.6) is 0 Å². The maximum atomic E-state index is 6.40. The highest BCUT2D eigenvalue weighted by atomic mass is 15.2. The third-order valence-corrected chi connectivity index (χ3v) is 4.12. The van der Waals surface area contributed by atoms with E-state index in [4.69, 9.17) is 17.2 Å². The first kappa shape index (κ1) is 15.1. The van der Waals surface area contributed by atoms with Gasteiger partial charge >= 0.3 is 0 Å². The minimum Gasteiger partial charge on any atom is -0.382 e. The van der Waals surface area contributed by atoms with Crippen molar-refractivity contribution in [2.24, 2.45) is 5.73 Å². The number of anilines is 2. The molecule has 4 aromatic rings. The van der Waals surface area contributed by atoms with Crippen LogP contribution < -0.4 is 17.2 Å². The molecule has 4 rings (SSSR count). The molecule has 124 valence electrons. The first-order valence-corrected chi connectivity index (χ1v) is 7.80. The van der Waals surface area contributed by atoms with Gasteiger partial charge in [-0.2, -0.15) is 9.97 Å². The van der Waals surface area contributed by atoms with Crippen molar-refractivity contribution in [3.8, 4) is 11.1 Å². The van der Waals surface area contributed by atoms with Gasteiger partial charge in [-0.25, -0.2) is 4.98 Å². The van der Waals surface area contributed by atoms with E-state index in [9.17, 15) is 0 Å². The fourth-order valence-electron chi connectivity index (χ4n) is 2.82. The number of nitrogens with zero attached hydrogens (tertiary/aromatic N) is 4. The summed E-state index contributed by atoms with van der Waals surface area (Å²) in [5, 5.41) is 0. The highest BCUT2D eigenvalue weighted by molar-refractivity contribution is 5.82. The number of fused-ring (bicyclic) bond motifs is 1. The van der Waals surface area contributed by atoms with Crippen LogP contribution in [0.2, 0.25) is 0 Å². The van der Waals surface area contributed by atoms with Crippen LogP contribution in [0.1, 0.15) is 11.7 Å². The second-order valence-electron chi connectivity index (χ2n) is 5.72. The number of benzene rings is 2. The van der Waals surface area contributed by atoms with E-state index < -0.39 is 6.17 Å². The Morgan fingerprint density at radius 2 is 1.52 bits per heavy atom. The van der Waals surface area contributed by atoms with Gasteiger partial charge in [-0.3, -0.25) is 4.57 Å². The van der Waals surface area contributed by atoms with Crippen molar-refractivity contribution in [2.75, 3.05) is 11.5 Å². The molecule has 0 saturated heterocycles. The van der Waals surface area contributed by atoms with Gasteiger partial charge in [-0.05, 0) is 16.7 Å². The molecular formula is C18H17N7. The summed E-state index contributed by atoms with van der Waals surface area (Å²) < 4.78 is 1.74. The fraction of sp³-hybridized carbons (Fsp3) is 0.0556. The molecule has 6 N–H and O–H groups in total. The Balaban J connectivity index is 1.71. The smallest absolute Gasteiger partial charge is 0.224 e. The van der Waals surface area contributed by atoms with E-state index in [0.29, 0.717) is 11.2 Å². The Morgan fingerprint density at radius 3 is 2.24 bits per heavy atom. The quantitative estimate of drug-likeness (QED) is 0.529. The summed E-state index contributed by atoms with van der Waals surface area (Å²) in [7, 11) is 0. The molecule has 2 aromatic heterocycles. The first-order chi connectivity index (χ1) is 12.1. The average Bonchev–Trinajstić information content (AvgIpc) is 3.06. The first-order valence-electron chi connectivity index (χ1n) is 7.80. The van der Waals surface area contributed by atoms with Crippen molar-refractivity contribution < 1.29 is 0 Å². The Labute approximate surface area is 144 Å². The number of nitrogen functional groups attached to an aromatic ring is 2. The molecule has 0 amide bonds. The predicted molar refractivity (Wildman–Crippen MR) is 98.4 cm³/mol. The lowest BCUT2D eigenvalue weighted by molar-refractivity contribution is 0.623. The molecule has 0 saturated carbocycles. The molecule has 0 aliphatic heterocycles. The summed E-state index contributed by atoms with van der Waals surface area (Å²) in [4.78, 5) is 12.4. The largest absolute Gasteiger partial charge is 0.382 e. The van der Waals surface area contributed by atoms with E-state index in [1.807, 2.05) is 42.5 Å². The minimum atomic E-state index is -0.455. The molecule has 7 heteroatoms. The molecular weight excluding hydrogens is 314 g/mol. The van der Waals surface area contributed by atoms with Crippen molar-refractivity contribution in [2.45, 2.75) is 6.17 Å². The molecule has 0 aliphatic rings. The predicted octanol–water partition coefficient (Wildman–Crippen LogP) is 2.16. The van der Waals surface area contributed by atoms with Crippen molar-refractivity contribution in [1.82, 2.24) is 19.5 Å². The molecule has 2 heterocycles. The van der Waals surface area contributed by atoms with E-state index in [1.165, 1.54) is 0 Å². The number of aromatic nitrogens is 4. The Hall–Kier alpha value is -3.45. The lowest BCUT2D eigenvalue weighted by Gasteiger charge is -2.15. The van der Waals surface area contributed by atoms with Gasteiger partial charge in [0.05, 0.1) is 6.33 Å². The van der Waals surface area contributed by atoms with Crippen LogP contribution in [0, 0.1) is 0 Å². The van der Waals surface area contributed by atoms with E-state index in [2.05, 4.69) is 27.1 Å². The standard InChI is InChI=1S/C18H17N7/c19-15-14-17(24-18(21)23-15)25(10-22-14)16(20)13-8-6-12(7-9-13)11-4-2-1-3-5-11/h1-10,16H,20H2,(H4,19,21,23,24). The topological polar surface area (TPSA) is 122 Å². The summed E-state index contributed by atoms with van der Waals surface area (Å²) in [6.07, 6.45) is 1.15. The van der Waals surface area contributed by atoms with Crippen molar-refractivity contribution in [1.29, 1.82) is 0 Å². The summed E-state index contributed by atoms with van der Waals surface area (Å²) in [5.74, 6) is 0.339. The zero-order valence-corrected chi connectivity index (χ0v) is 13.4. The van der Waals surface area contributed by atoms with Crippen molar-refractivity contribution in [3.05, 3.63) is 66.5 Å². The van der Waals surface area contributed by atoms with Gasteiger partial charge in [0.2, 0.25) is 5.95 Å². The van der Waals surface area contributed by atoms with E-state index in [0.717, 1.165) is 16.7 Å². The number of rotatable bonds is 3. The van der Waals surface area contributed by atoms with E-state index in [-0.39, 0.29) is 11.8 Å². The molecule has 0 spiro atoms. The number of nitrogens with two attached hydrogens (primary N) is 3. The lowest BCUT2D eigenvalue weighted by Crippen LogP contribution is -2.19. The highest BCUT2D eigenvalue weighted by Crippen LogP contribution is 2.24. The normalized spacial score (nSPS) is 12.4. The Morgan fingerprint density at radius 1 is 0.840 bits per heavy atom. The van der Waals surface area contributed by atoms with Gasteiger partial charge in [0, 0.05) is 0 Å². The zero-order chi connectivity index (χ0) is 17.4.